The molecule has 0 aliphatic rings. The molecule has 1 aromatic carbocycles. The average Bonchev–Trinajstić information content (AvgIpc) is 2.66. The summed E-state index contributed by atoms with van der Waals surface area (Å²) in [5, 5.41) is 1.42. The van der Waals surface area contributed by atoms with Crippen molar-refractivity contribution in [2.45, 2.75) is 34.6 Å². The SMILES string of the molecule is CCO[Si](/C=C/[Si](c1ccccc1)(N(CC)CC)N(CC)CC)OC. The van der Waals surface area contributed by atoms with Crippen molar-refractivity contribution in [3.8, 4) is 0 Å². The summed E-state index contributed by atoms with van der Waals surface area (Å²) in [6.45, 7) is 15.9. The summed E-state index contributed by atoms with van der Waals surface area (Å²) in [6, 6.07) is 11.0. The first-order valence-electron chi connectivity index (χ1n) is 9.42. The van der Waals surface area contributed by atoms with Gasteiger partial charge in [-0.3, -0.25) is 0 Å². The van der Waals surface area contributed by atoms with E-state index in [1.54, 1.807) is 7.11 Å². The zero-order valence-corrected chi connectivity index (χ0v) is 18.8. The molecule has 0 N–H and O–H groups in total. The Hall–Kier alpha value is -0.766. The van der Waals surface area contributed by atoms with Crippen LogP contribution in [0.4, 0.5) is 0 Å². The molecular weight excluding hydrogens is 344 g/mol. The average molecular weight is 380 g/mol. The molecule has 0 spiro atoms. The predicted octanol–water partition coefficient (Wildman–Crippen LogP) is 2.83. The molecule has 0 fully saturated rings. The van der Waals surface area contributed by atoms with E-state index < -0.39 is 17.7 Å². The van der Waals surface area contributed by atoms with Gasteiger partial charge >= 0.3 is 9.28 Å². The lowest BCUT2D eigenvalue weighted by Crippen LogP contribution is -2.72. The molecule has 0 heterocycles. The van der Waals surface area contributed by atoms with E-state index in [0.29, 0.717) is 6.61 Å². The highest BCUT2D eigenvalue weighted by Gasteiger charge is 2.43. The molecule has 141 valence electrons. The summed E-state index contributed by atoms with van der Waals surface area (Å²) in [5.41, 5.74) is 4.65. The summed E-state index contributed by atoms with van der Waals surface area (Å²) in [4.78, 5) is 0. The molecule has 0 bridgehead atoms. The van der Waals surface area contributed by atoms with Crippen LogP contribution < -0.4 is 5.19 Å². The minimum Gasteiger partial charge on any atom is -0.394 e. The van der Waals surface area contributed by atoms with Gasteiger partial charge in [-0.05, 0) is 44.0 Å². The largest absolute Gasteiger partial charge is 0.414 e. The monoisotopic (exact) mass is 379 g/mol. The lowest BCUT2D eigenvalue weighted by molar-refractivity contribution is 0.252. The number of hydrogen-bond donors (Lipinski definition) is 0. The number of rotatable bonds is 12. The summed E-state index contributed by atoms with van der Waals surface area (Å²) in [6.07, 6.45) is 0. The minimum absolute atomic E-state index is 0.683. The van der Waals surface area contributed by atoms with E-state index in [-0.39, 0.29) is 0 Å². The first-order valence-corrected chi connectivity index (χ1v) is 12.8. The molecule has 1 aromatic rings. The highest BCUT2D eigenvalue weighted by Crippen LogP contribution is 2.19. The topological polar surface area (TPSA) is 24.9 Å². The van der Waals surface area contributed by atoms with Gasteiger partial charge in [0.25, 0.3) is 8.40 Å². The van der Waals surface area contributed by atoms with Crippen molar-refractivity contribution in [1.29, 1.82) is 0 Å². The van der Waals surface area contributed by atoms with E-state index in [0.717, 1.165) is 26.2 Å². The van der Waals surface area contributed by atoms with Crippen LogP contribution in [-0.2, 0) is 8.85 Å². The van der Waals surface area contributed by atoms with Crippen molar-refractivity contribution >= 4 is 22.9 Å². The van der Waals surface area contributed by atoms with Crippen LogP contribution in [-0.4, -0.2) is 66.7 Å². The van der Waals surface area contributed by atoms with Crippen LogP contribution in [0, 0.1) is 0 Å². The smallest absolute Gasteiger partial charge is 0.394 e. The maximum atomic E-state index is 5.79. The molecule has 0 aliphatic carbocycles. The van der Waals surface area contributed by atoms with E-state index in [2.05, 4.69) is 78.6 Å². The molecule has 0 aliphatic heterocycles. The van der Waals surface area contributed by atoms with E-state index in [4.69, 9.17) is 8.85 Å². The van der Waals surface area contributed by atoms with Crippen molar-refractivity contribution in [3.63, 3.8) is 0 Å². The lowest BCUT2D eigenvalue weighted by atomic mass is 10.4. The van der Waals surface area contributed by atoms with Crippen LogP contribution in [0.15, 0.2) is 41.7 Å². The zero-order valence-electron chi connectivity index (χ0n) is 16.8. The van der Waals surface area contributed by atoms with Gasteiger partial charge in [0.05, 0.1) is 0 Å². The fraction of sp³-hybridized carbons (Fsp3) is 0.579. The predicted molar refractivity (Wildman–Crippen MR) is 111 cm³/mol. The Bertz CT molecular complexity index is 479. The summed E-state index contributed by atoms with van der Waals surface area (Å²) in [5.74, 6) is 0. The van der Waals surface area contributed by atoms with Gasteiger partial charge in [0, 0.05) is 13.7 Å². The van der Waals surface area contributed by atoms with Crippen LogP contribution >= 0.6 is 0 Å². The van der Waals surface area contributed by atoms with Gasteiger partial charge in [-0.2, -0.15) is 0 Å². The van der Waals surface area contributed by atoms with Crippen molar-refractivity contribution in [2.24, 2.45) is 0 Å². The van der Waals surface area contributed by atoms with Crippen LogP contribution in [0.25, 0.3) is 0 Å². The second kappa shape index (κ2) is 11.8. The molecule has 0 saturated heterocycles. The molecule has 0 amide bonds. The molecule has 0 saturated carbocycles. The molecule has 6 heteroatoms. The maximum Gasteiger partial charge on any atom is 0.414 e. The normalized spacial score (nSPS) is 12.8. The second-order valence-corrected chi connectivity index (χ2v) is 11.0. The van der Waals surface area contributed by atoms with Crippen LogP contribution in [0.1, 0.15) is 34.6 Å². The Balaban J connectivity index is 3.51. The molecule has 0 atom stereocenters. The van der Waals surface area contributed by atoms with Crippen LogP contribution in [0.2, 0.25) is 0 Å². The van der Waals surface area contributed by atoms with Gasteiger partial charge in [-0.25, -0.2) is 0 Å². The first-order chi connectivity index (χ1) is 12.1. The zero-order chi connectivity index (χ0) is 18.7. The van der Waals surface area contributed by atoms with Crippen molar-refractivity contribution < 1.29 is 8.85 Å². The van der Waals surface area contributed by atoms with Gasteiger partial charge in [0.2, 0.25) is 0 Å². The van der Waals surface area contributed by atoms with Crippen LogP contribution in [0.5, 0.6) is 0 Å². The van der Waals surface area contributed by atoms with Gasteiger partial charge in [-0.1, -0.05) is 63.7 Å². The molecule has 4 nitrogen and oxygen atoms in total. The Morgan fingerprint density at radius 3 is 1.84 bits per heavy atom. The standard InChI is InChI=1S/C19H35N2O2Si2/c1-7-20(8-2)25(21(9-3)10-4,19-15-13-12-14-16-19)18-17-24(22-6)23-11-5/h12-18H,7-11H2,1-6H3/b18-17+. The molecular formula is C19H35N2O2Si2. The fourth-order valence-corrected chi connectivity index (χ4v) is 9.93. The Morgan fingerprint density at radius 2 is 1.44 bits per heavy atom. The summed E-state index contributed by atoms with van der Waals surface area (Å²) in [7, 11) is -1.81. The molecule has 1 radical (unpaired) electrons. The van der Waals surface area contributed by atoms with Gasteiger partial charge < -0.3 is 18.0 Å². The van der Waals surface area contributed by atoms with E-state index in [1.807, 2.05) is 6.92 Å². The number of nitrogens with zero attached hydrogens (tertiary/aromatic N) is 2. The molecule has 25 heavy (non-hydrogen) atoms. The Kier molecular flexibility index (Phi) is 10.5. The highest BCUT2D eigenvalue weighted by atomic mass is 28.4. The Labute approximate surface area is 157 Å². The van der Waals surface area contributed by atoms with E-state index in [9.17, 15) is 0 Å². The Morgan fingerprint density at radius 1 is 0.920 bits per heavy atom. The summed E-state index contributed by atoms with van der Waals surface area (Å²) >= 11 is 0. The maximum absolute atomic E-state index is 5.79. The lowest BCUT2D eigenvalue weighted by Gasteiger charge is -2.46. The molecule has 0 unspecified atom stereocenters. The number of benzene rings is 1. The van der Waals surface area contributed by atoms with Crippen LogP contribution in [0.3, 0.4) is 0 Å². The van der Waals surface area contributed by atoms with Crippen molar-refractivity contribution in [1.82, 2.24) is 9.13 Å². The van der Waals surface area contributed by atoms with Crippen molar-refractivity contribution in [2.75, 3.05) is 39.9 Å². The van der Waals surface area contributed by atoms with E-state index >= 15 is 0 Å². The van der Waals surface area contributed by atoms with Gasteiger partial charge in [0.1, 0.15) is 0 Å². The van der Waals surface area contributed by atoms with Gasteiger partial charge in [0.15, 0.2) is 0 Å². The second-order valence-electron chi connectivity index (χ2n) is 5.73. The summed E-state index contributed by atoms with van der Waals surface area (Å²) < 4.78 is 16.7. The first kappa shape index (κ1) is 22.3. The number of hydrogen-bond acceptors (Lipinski definition) is 4. The minimum atomic E-state index is -2.19. The van der Waals surface area contributed by atoms with Crippen molar-refractivity contribution in [3.05, 3.63) is 41.7 Å². The quantitative estimate of drug-likeness (QED) is 0.521. The van der Waals surface area contributed by atoms with E-state index in [1.165, 1.54) is 5.19 Å². The third-order valence-electron chi connectivity index (χ3n) is 4.63. The third kappa shape index (κ3) is 5.35. The molecule has 1 rings (SSSR count). The molecule has 0 aromatic heterocycles. The fourth-order valence-electron chi connectivity index (χ4n) is 3.47. The van der Waals surface area contributed by atoms with Gasteiger partial charge in [-0.15, -0.1) is 0 Å². The third-order valence-corrected chi connectivity index (χ3v) is 11.4. The highest BCUT2D eigenvalue weighted by molar-refractivity contribution is 6.92.